The molecule has 1 N–H and O–H groups in total. The number of aromatic nitrogens is 1. The lowest BCUT2D eigenvalue weighted by Crippen LogP contribution is -2.12. The van der Waals surface area contributed by atoms with Crippen molar-refractivity contribution < 1.29 is 4.79 Å². The first-order valence-electron chi connectivity index (χ1n) is 3.99. The van der Waals surface area contributed by atoms with E-state index in [1.807, 2.05) is 13.0 Å². The Bertz CT molecular complexity index is 345. The standard InChI is InChI=1S/C10H12N2O/c1-7(2)10(13)12-9-6-8(3)4-5-11-9/h4-6H,1H2,2-3H3,(H,11,12,13). The second-order valence-corrected chi connectivity index (χ2v) is 2.95. The molecule has 0 fully saturated rings. The van der Waals surface area contributed by atoms with Crippen LogP contribution in [-0.4, -0.2) is 10.9 Å². The van der Waals surface area contributed by atoms with E-state index in [1.54, 1.807) is 19.2 Å². The molecule has 0 spiro atoms. The first-order chi connectivity index (χ1) is 6.09. The van der Waals surface area contributed by atoms with Crippen molar-refractivity contribution in [2.75, 3.05) is 5.32 Å². The molecule has 3 heteroatoms. The van der Waals surface area contributed by atoms with E-state index in [2.05, 4.69) is 16.9 Å². The summed E-state index contributed by atoms with van der Waals surface area (Å²) in [5.74, 6) is 0.367. The summed E-state index contributed by atoms with van der Waals surface area (Å²) in [5.41, 5.74) is 1.54. The van der Waals surface area contributed by atoms with Crippen LogP contribution in [0, 0.1) is 6.92 Å². The average molecular weight is 176 g/mol. The van der Waals surface area contributed by atoms with E-state index in [-0.39, 0.29) is 5.91 Å². The highest BCUT2D eigenvalue weighted by atomic mass is 16.1. The number of carbonyl (C=O) groups is 1. The second kappa shape index (κ2) is 3.85. The predicted octanol–water partition coefficient (Wildman–Crippen LogP) is 1.90. The average Bonchev–Trinajstić information content (AvgIpc) is 2.04. The van der Waals surface area contributed by atoms with Crippen molar-refractivity contribution in [3.8, 4) is 0 Å². The summed E-state index contributed by atoms with van der Waals surface area (Å²) in [6.07, 6.45) is 1.66. The van der Waals surface area contributed by atoms with Gasteiger partial charge in [-0.05, 0) is 31.5 Å². The molecular weight excluding hydrogens is 164 g/mol. The van der Waals surface area contributed by atoms with Crippen molar-refractivity contribution in [2.24, 2.45) is 0 Å². The van der Waals surface area contributed by atoms with Crippen LogP contribution >= 0.6 is 0 Å². The van der Waals surface area contributed by atoms with Gasteiger partial charge < -0.3 is 5.32 Å². The third kappa shape index (κ3) is 2.71. The molecule has 1 heterocycles. The van der Waals surface area contributed by atoms with Crippen molar-refractivity contribution in [1.29, 1.82) is 0 Å². The lowest BCUT2D eigenvalue weighted by atomic mass is 10.3. The van der Waals surface area contributed by atoms with Gasteiger partial charge >= 0.3 is 0 Å². The number of anilines is 1. The third-order valence-corrected chi connectivity index (χ3v) is 1.54. The number of nitrogens with zero attached hydrogens (tertiary/aromatic N) is 1. The molecule has 0 radical (unpaired) electrons. The largest absolute Gasteiger partial charge is 0.307 e. The number of hydrogen-bond acceptors (Lipinski definition) is 2. The van der Waals surface area contributed by atoms with Gasteiger partial charge in [0.1, 0.15) is 5.82 Å². The fourth-order valence-electron chi connectivity index (χ4n) is 0.828. The summed E-state index contributed by atoms with van der Waals surface area (Å²) in [6, 6.07) is 3.68. The summed E-state index contributed by atoms with van der Waals surface area (Å²) in [7, 11) is 0. The molecule has 0 aromatic carbocycles. The highest BCUT2D eigenvalue weighted by molar-refractivity contribution is 6.02. The lowest BCUT2D eigenvalue weighted by molar-refractivity contribution is -0.112. The summed E-state index contributed by atoms with van der Waals surface area (Å²) in [5, 5.41) is 2.63. The second-order valence-electron chi connectivity index (χ2n) is 2.95. The molecule has 0 aliphatic heterocycles. The maximum absolute atomic E-state index is 11.2. The normalized spacial score (nSPS) is 9.38. The predicted molar refractivity (Wildman–Crippen MR) is 52.4 cm³/mol. The van der Waals surface area contributed by atoms with Gasteiger partial charge in [-0.15, -0.1) is 0 Å². The Hall–Kier alpha value is -1.64. The molecule has 13 heavy (non-hydrogen) atoms. The maximum atomic E-state index is 11.2. The number of hydrogen-bond donors (Lipinski definition) is 1. The Labute approximate surface area is 77.5 Å². The van der Waals surface area contributed by atoms with Crippen LogP contribution in [0.3, 0.4) is 0 Å². The van der Waals surface area contributed by atoms with Gasteiger partial charge in [0.05, 0.1) is 0 Å². The Balaban J connectivity index is 2.75. The third-order valence-electron chi connectivity index (χ3n) is 1.54. The van der Waals surface area contributed by atoms with Crippen LogP contribution in [-0.2, 0) is 4.79 Å². The molecule has 1 rings (SSSR count). The maximum Gasteiger partial charge on any atom is 0.251 e. The van der Waals surface area contributed by atoms with Gasteiger partial charge in [-0.2, -0.15) is 0 Å². The minimum atomic E-state index is -0.196. The molecule has 0 atom stereocenters. The molecule has 68 valence electrons. The van der Waals surface area contributed by atoms with Crippen molar-refractivity contribution in [1.82, 2.24) is 4.98 Å². The summed E-state index contributed by atoms with van der Waals surface area (Å²) in [6.45, 7) is 7.13. The number of carbonyl (C=O) groups excluding carboxylic acids is 1. The Morgan fingerprint density at radius 2 is 2.31 bits per heavy atom. The molecule has 1 amide bonds. The van der Waals surface area contributed by atoms with Crippen molar-refractivity contribution in [2.45, 2.75) is 13.8 Å². The van der Waals surface area contributed by atoms with Gasteiger partial charge in [0.15, 0.2) is 0 Å². The van der Waals surface area contributed by atoms with Crippen LogP contribution < -0.4 is 5.32 Å². The van der Waals surface area contributed by atoms with Gasteiger partial charge in [-0.3, -0.25) is 4.79 Å². The molecule has 0 saturated carbocycles. The Morgan fingerprint density at radius 3 is 2.85 bits per heavy atom. The fraction of sp³-hybridized carbons (Fsp3) is 0.200. The number of nitrogens with one attached hydrogen (secondary N) is 1. The van der Waals surface area contributed by atoms with E-state index >= 15 is 0 Å². The Morgan fingerprint density at radius 1 is 1.62 bits per heavy atom. The van der Waals surface area contributed by atoms with Gasteiger partial charge in [-0.25, -0.2) is 4.98 Å². The molecule has 0 aliphatic carbocycles. The smallest absolute Gasteiger partial charge is 0.251 e. The molecule has 0 bridgehead atoms. The minimum Gasteiger partial charge on any atom is -0.307 e. The topological polar surface area (TPSA) is 42.0 Å². The van der Waals surface area contributed by atoms with E-state index in [9.17, 15) is 4.79 Å². The van der Waals surface area contributed by atoms with Gasteiger partial charge in [-0.1, -0.05) is 6.58 Å². The van der Waals surface area contributed by atoms with E-state index < -0.39 is 0 Å². The molecule has 3 nitrogen and oxygen atoms in total. The molecule has 0 saturated heterocycles. The van der Waals surface area contributed by atoms with Gasteiger partial charge in [0.25, 0.3) is 5.91 Å². The number of amides is 1. The first kappa shape index (κ1) is 9.45. The molecule has 1 aromatic heterocycles. The van der Waals surface area contributed by atoms with Crippen LogP contribution in [0.1, 0.15) is 12.5 Å². The zero-order chi connectivity index (χ0) is 9.84. The quantitative estimate of drug-likeness (QED) is 0.699. The minimum absolute atomic E-state index is 0.196. The van der Waals surface area contributed by atoms with E-state index in [0.29, 0.717) is 11.4 Å². The number of rotatable bonds is 2. The van der Waals surface area contributed by atoms with Crippen LogP contribution in [0.25, 0.3) is 0 Å². The zero-order valence-electron chi connectivity index (χ0n) is 7.79. The van der Waals surface area contributed by atoms with Crippen LogP contribution in [0.2, 0.25) is 0 Å². The van der Waals surface area contributed by atoms with E-state index in [0.717, 1.165) is 5.56 Å². The number of aryl methyl sites for hydroxylation is 1. The van der Waals surface area contributed by atoms with Gasteiger partial charge in [0, 0.05) is 11.8 Å². The highest BCUT2D eigenvalue weighted by Crippen LogP contribution is 2.06. The van der Waals surface area contributed by atoms with Crippen LogP contribution in [0.5, 0.6) is 0 Å². The SMILES string of the molecule is C=C(C)C(=O)Nc1cc(C)ccn1. The monoisotopic (exact) mass is 176 g/mol. The zero-order valence-corrected chi connectivity index (χ0v) is 7.79. The molecule has 0 unspecified atom stereocenters. The summed E-state index contributed by atoms with van der Waals surface area (Å²) < 4.78 is 0. The molecule has 1 aromatic rings. The van der Waals surface area contributed by atoms with E-state index in [1.165, 1.54) is 0 Å². The highest BCUT2D eigenvalue weighted by Gasteiger charge is 2.02. The van der Waals surface area contributed by atoms with Crippen molar-refractivity contribution >= 4 is 11.7 Å². The fourth-order valence-corrected chi connectivity index (χ4v) is 0.828. The van der Waals surface area contributed by atoms with Crippen molar-refractivity contribution in [3.05, 3.63) is 36.0 Å². The van der Waals surface area contributed by atoms with Gasteiger partial charge in [0.2, 0.25) is 0 Å². The summed E-state index contributed by atoms with van der Waals surface area (Å²) in [4.78, 5) is 15.2. The first-order valence-corrected chi connectivity index (χ1v) is 3.99. The summed E-state index contributed by atoms with van der Waals surface area (Å²) >= 11 is 0. The molecular formula is C10H12N2O. The lowest BCUT2D eigenvalue weighted by Gasteiger charge is -2.03. The Kier molecular flexibility index (Phi) is 2.80. The molecule has 0 aliphatic rings. The van der Waals surface area contributed by atoms with Crippen LogP contribution in [0.15, 0.2) is 30.5 Å². The van der Waals surface area contributed by atoms with Crippen LogP contribution in [0.4, 0.5) is 5.82 Å². The van der Waals surface area contributed by atoms with Crippen molar-refractivity contribution in [3.63, 3.8) is 0 Å². The van der Waals surface area contributed by atoms with E-state index in [4.69, 9.17) is 0 Å². The number of pyridine rings is 1.